The molecule has 0 spiro atoms. The first-order valence-corrected chi connectivity index (χ1v) is 23.0. The van der Waals surface area contributed by atoms with Crippen LogP contribution in [0.1, 0.15) is 102 Å². The van der Waals surface area contributed by atoms with Crippen molar-refractivity contribution in [3.8, 4) is 11.8 Å². The van der Waals surface area contributed by atoms with E-state index in [1.807, 2.05) is 0 Å². The molecule has 6 atom stereocenters. The smallest absolute Gasteiger partial charge is 0.322 e. The lowest BCUT2D eigenvalue weighted by atomic mass is 10.1. The van der Waals surface area contributed by atoms with Gasteiger partial charge in [0.1, 0.15) is 54.2 Å². The van der Waals surface area contributed by atoms with Crippen molar-refractivity contribution in [3.63, 3.8) is 0 Å². The number of nitrogens with one attached hydrogen (secondary N) is 4. The summed E-state index contributed by atoms with van der Waals surface area (Å²) in [5, 5.41) is 44.2. The number of hydrogen-bond donors (Lipinski definition) is 10. The van der Waals surface area contributed by atoms with Gasteiger partial charge in [0.25, 0.3) is 0 Å². The van der Waals surface area contributed by atoms with Gasteiger partial charge in [-0.15, -0.1) is 23.5 Å². The monoisotopic (exact) mass is 996 g/mol. The molecule has 2 heterocycles. The lowest BCUT2D eigenvalue weighted by Gasteiger charge is -2.24. The molecule has 12 N–H and O–H groups in total. The summed E-state index contributed by atoms with van der Waals surface area (Å²) in [6, 6.07) is -5.56. The fraction of sp³-hybridized carbons (Fsp3) is 0.585. The Balaban J connectivity index is 2.59. The molecule has 0 saturated heterocycles. The van der Waals surface area contributed by atoms with Crippen LogP contribution in [0.25, 0.3) is 0 Å². The molecule has 27 heteroatoms. The average Bonchev–Trinajstić information content (AvgIpc) is 3.23. The SMILES string of the molecule is CC(C)(C)Oc1cncc(C(CC(=O)CC(SCC(NC(=O)CCC(N)C(=O)O)C(=O)NCC(=O)O)c2cncc(OC(C)(C)C)n2)SCC(NC(=O)CCC(N)C(=O)O)C(=O)NCC(=O)O)n1. The largest absolute Gasteiger partial charge is 0.480 e. The van der Waals surface area contributed by atoms with Gasteiger partial charge in [-0.2, -0.15) is 0 Å². The number of hydrogen-bond acceptors (Lipinski definition) is 19. The Kier molecular flexibility index (Phi) is 23.5. The van der Waals surface area contributed by atoms with Crippen molar-refractivity contribution in [1.29, 1.82) is 0 Å². The van der Waals surface area contributed by atoms with Crippen molar-refractivity contribution in [1.82, 2.24) is 41.2 Å². The molecular weight excluding hydrogens is 937 g/mol. The number of aliphatic carboxylic acids is 4. The summed E-state index contributed by atoms with van der Waals surface area (Å²) >= 11 is 1.96. The van der Waals surface area contributed by atoms with Gasteiger partial charge in [-0.25, -0.2) is 9.97 Å². The number of Topliss-reactive ketones (excluding diaryl/α,β-unsaturated/α-hetero) is 1. The van der Waals surface area contributed by atoms with E-state index < -0.39 is 125 Å². The van der Waals surface area contributed by atoms with Gasteiger partial charge in [-0.3, -0.25) is 53.1 Å². The van der Waals surface area contributed by atoms with Gasteiger partial charge in [-0.05, 0) is 54.4 Å². The number of carboxylic acid groups (broad SMARTS) is 4. The summed E-state index contributed by atoms with van der Waals surface area (Å²) in [4.78, 5) is 129. The Hall–Kier alpha value is -6.19. The zero-order chi connectivity index (χ0) is 51.4. The maximum Gasteiger partial charge on any atom is 0.322 e. The van der Waals surface area contributed by atoms with E-state index in [9.17, 15) is 53.4 Å². The van der Waals surface area contributed by atoms with Crippen molar-refractivity contribution in [3.05, 3.63) is 36.2 Å². The molecule has 2 aromatic heterocycles. The molecule has 0 aromatic carbocycles. The normalized spacial score (nSPS) is 14.1. The van der Waals surface area contributed by atoms with E-state index in [0.29, 0.717) is 0 Å². The van der Waals surface area contributed by atoms with Crippen LogP contribution in [0, 0.1) is 0 Å². The quantitative estimate of drug-likeness (QED) is 0.0491. The molecule has 2 rings (SSSR count). The summed E-state index contributed by atoms with van der Waals surface area (Å²) in [5.41, 5.74) is 10.0. The second kappa shape index (κ2) is 27.6. The van der Waals surface area contributed by atoms with Crippen molar-refractivity contribution in [2.45, 2.75) is 126 Å². The van der Waals surface area contributed by atoms with Crippen LogP contribution < -0.4 is 42.2 Å². The van der Waals surface area contributed by atoms with E-state index in [2.05, 4.69) is 41.2 Å². The van der Waals surface area contributed by atoms with Crippen molar-refractivity contribution in [2.24, 2.45) is 11.5 Å². The van der Waals surface area contributed by atoms with Gasteiger partial charge in [0.05, 0.1) is 34.3 Å². The van der Waals surface area contributed by atoms with E-state index >= 15 is 0 Å². The minimum atomic E-state index is -1.41. The standard InChI is InChI=1S/C41H60N10O15S2/c1-40(2,3)65-32-15-44-13-24(50-32)28(67-19-26(36(59)46-17-34(55)56)48-30(53)9-7-22(42)38(61)62)11-21(52)12-29(25-14-45-16-33(51-25)66-41(4,5)6)68-20-27(37(60)47-18-35(57)58)49-31(54)10-8-23(43)39(63)64/h13-16,22-23,26-29H,7-12,17-20,42-43H2,1-6H3,(H,46,59)(H,47,60)(H,48,53)(H,49,54)(H,55,56)(H,57,58)(H,61,62)(H,63,64). The molecule has 6 unspecified atom stereocenters. The predicted molar refractivity (Wildman–Crippen MR) is 244 cm³/mol. The number of nitrogens with two attached hydrogens (primary N) is 2. The van der Waals surface area contributed by atoms with Gasteiger partial charge in [0, 0.05) is 49.6 Å². The van der Waals surface area contributed by atoms with Crippen LogP contribution in [0.2, 0.25) is 0 Å². The van der Waals surface area contributed by atoms with Crippen LogP contribution in [0.3, 0.4) is 0 Å². The van der Waals surface area contributed by atoms with E-state index in [-0.39, 0.29) is 60.3 Å². The van der Waals surface area contributed by atoms with Gasteiger partial charge < -0.3 is 62.6 Å². The number of carbonyl (C=O) groups is 9. The number of ether oxygens (including phenoxy) is 2. The van der Waals surface area contributed by atoms with E-state index in [4.69, 9.17) is 31.2 Å². The zero-order valence-corrected chi connectivity index (χ0v) is 40.0. The van der Waals surface area contributed by atoms with Gasteiger partial charge >= 0.3 is 23.9 Å². The molecule has 0 aliphatic carbocycles. The molecule has 0 fully saturated rings. The van der Waals surface area contributed by atoms with Crippen LogP contribution in [0.15, 0.2) is 24.8 Å². The Morgan fingerprint density at radius 2 is 0.956 bits per heavy atom. The molecule has 0 saturated carbocycles. The highest BCUT2D eigenvalue weighted by molar-refractivity contribution is 7.99. The van der Waals surface area contributed by atoms with Crippen molar-refractivity contribution < 1.29 is 73.1 Å². The summed E-state index contributed by atoms with van der Waals surface area (Å²) in [7, 11) is 0. The van der Waals surface area contributed by atoms with Crippen molar-refractivity contribution in [2.75, 3.05) is 24.6 Å². The minimum Gasteiger partial charge on any atom is -0.480 e. The fourth-order valence-electron chi connectivity index (χ4n) is 5.47. The second-order valence-corrected chi connectivity index (χ2v) is 19.5. The molecule has 2 aromatic rings. The minimum absolute atomic E-state index is 0.0884. The first-order chi connectivity index (χ1) is 31.6. The predicted octanol–water partition coefficient (Wildman–Crippen LogP) is -0.0253. The summed E-state index contributed by atoms with van der Waals surface area (Å²) in [6.07, 6.45) is 3.44. The highest BCUT2D eigenvalue weighted by Crippen LogP contribution is 2.37. The third-order valence-electron chi connectivity index (χ3n) is 8.63. The maximum absolute atomic E-state index is 14.4. The van der Waals surface area contributed by atoms with Crippen molar-refractivity contribution >= 4 is 76.8 Å². The Bertz CT molecular complexity index is 1960. The fourth-order valence-corrected chi connectivity index (χ4v) is 7.97. The summed E-state index contributed by atoms with van der Waals surface area (Å²) in [6.45, 7) is 9.03. The maximum atomic E-state index is 14.4. The first kappa shape index (κ1) is 57.9. The third-order valence-corrected chi connectivity index (χ3v) is 11.3. The van der Waals surface area contributed by atoms with Crippen LogP contribution >= 0.6 is 23.5 Å². The number of amides is 4. The molecule has 25 nitrogen and oxygen atoms in total. The van der Waals surface area contributed by atoms with E-state index in [1.54, 1.807) is 41.5 Å². The molecule has 68 heavy (non-hydrogen) atoms. The van der Waals surface area contributed by atoms with Gasteiger partial charge in [0.15, 0.2) is 0 Å². The van der Waals surface area contributed by atoms with Crippen LogP contribution in [0.5, 0.6) is 11.8 Å². The second-order valence-electron chi connectivity index (χ2n) is 17.0. The van der Waals surface area contributed by atoms with Crippen LogP contribution in [-0.4, -0.2) is 154 Å². The first-order valence-electron chi connectivity index (χ1n) is 20.9. The lowest BCUT2D eigenvalue weighted by molar-refractivity contribution is -0.140. The molecule has 0 aliphatic rings. The molecule has 376 valence electrons. The number of nitrogens with zero attached hydrogens (tertiary/aromatic N) is 4. The van der Waals surface area contributed by atoms with Crippen LogP contribution in [0.4, 0.5) is 0 Å². The Morgan fingerprint density at radius 3 is 1.26 bits per heavy atom. The van der Waals surface area contributed by atoms with E-state index in [0.717, 1.165) is 23.5 Å². The summed E-state index contributed by atoms with van der Waals surface area (Å²) < 4.78 is 11.8. The van der Waals surface area contributed by atoms with Crippen LogP contribution in [-0.2, 0) is 43.2 Å². The molecule has 4 amide bonds. The highest BCUT2D eigenvalue weighted by atomic mass is 32.2. The number of rotatable bonds is 30. The number of aromatic nitrogens is 4. The molecule has 0 bridgehead atoms. The van der Waals surface area contributed by atoms with Gasteiger partial charge in [-0.1, -0.05) is 0 Å². The molecule has 0 aliphatic heterocycles. The number of ketones is 1. The summed E-state index contributed by atoms with van der Waals surface area (Å²) in [5.74, 6) is -9.60. The number of carbonyl (C=O) groups excluding carboxylic acids is 5. The average molecular weight is 997 g/mol. The highest BCUT2D eigenvalue weighted by Gasteiger charge is 2.31. The zero-order valence-electron chi connectivity index (χ0n) is 38.4. The molecular formula is C41H60N10O15S2. The molecule has 0 radical (unpaired) electrons. The van der Waals surface area contributed by atoms with E-state index in [1.165, 1.54) is 24.8 Å². The Labute approximate surface area is 399 Å². The van der Waals surface area contributed by atoms with Gasteiger partial charge in [0.2, 0.25) is 35.4 Å². The third kappa shape index (κ3) is 23.5. The Morgan fingerprint density at radius 1 is 0.603 bits per heavy atom. The topological polar surface area (TPSA) is 405 Å². The lowest BCUT2D eigenvalue weighted by Crippen LogP contribution is -2.49. The number of carboxylic acids is 4. The number of thioether (sulfide) groups is 2.